The van der Waals surface area contributed by atoms with Gasteiger partial charge in [0.2, 0.25) is 0 Å². The standard InChI is InChI=1S/C14H21NO2S/c1-4-18-12-7-5-11(6-8-12)13(15-3)9-10(2)14(16)17/h5-8,10,13,15H,4,9H2,1-3H3,(H,16,17). The quantitative estimate of drug-likeness (QED) is 0.745. The first-order valence-corrected chi connectivity index (χ1v) is 7.19. The molecular formula is C14H21NO2S. The van der Waals surface area contributed by atoms with Crippen molar-refractivity contribution >= 4 is 17.7 Å². The summed E-state index contributed by atoms with van der Waals surface area (Å²) in [6.07, 6.45) is 0.603. The highest BCUT2D eigenvalue weighted by Crippen LogP contribution is 2.24. The molecule has 0 radical (unpaired) electrons. The second-order valence-corrected chi connectivity index (χ2v) is 5.66. The number of rotatable bonds is 7. The second-order valence-electron chi connectivity index (χ2n) is 4.32. The van der Waals surface area contributed by atoms with Gasteiger partial charge >= 0.3 is 5.97 Å². The second kappa shape index (κ2) is 7.44. The summed E-state index contributed by atoms with van der Waals surface area (Å²) in [6, 6.07) is 8.44. The lowest BCUT2D eigenvalue weighted by atomic mass is 9.96. The van der Waals surface area contributed by atoms with Crippen LogP contribution < -0.4 is 5.32 Å². The molecule has 2 atom stereocenters. The first-order valence-electron chi connectivity index (χ1n) is 6.21. The van der Waals surface area contributed by atoms with Crippen LogP contribution in [0, 0.1) is 5.92 Å². The van der Waals surface area contributed by atoms with Crippen molar-refractivity contribution in [2.75, 3.05) is 12.8 Å². The first-order chi connectivity index (χ1) is 8.58. The van der Waals surface area contributed by atoms with Gasteiger partial charge < -0.3 is 10.4 Å². The van der Waals surface area contributed by atoms with E-state index < -0.39 is 5.97 Å². The third-order valence-corrected chi connectivity index (χ3v) is 3.85. The van der Waals surface area contributed by atoms with Crippen molar-refractivity contribution in [1.82, 2.24) is 5.32 Å². The van der Waals surface area contributed by atoms with Gasteiger partial charge in [-0.15, -0.1) is 11.8 Å². The van der Waals surface area contributed by atoms with Crippen LogP contribution in [0.15, 0.2) is 29.2 Å². The normalized spacial score (nSPS) is 14.2. The van der Waals surface area contributed by atoms with Gasteiger partial charge in [-0.25, -0.2) is 0 Å². The Kier molecular flexibility index (Phi) is 6.22. The molecule has 18 heavy (non-hydrogen) atoms. The topological polar surface area (TPSA) is 49.3 Å². The maximum atomic E-state index is 10.9. The Labute approximate surface area is 113 Å². The summed E-state index contributed by atoms with van der Waals surface area (Å²) in [5.41, 5.74) is 1.14. The molecule has 0 aliphatic carbocycles. The summed E-state index contributed by atoms with van der Waals surface area (Å²) in [6.45, 7) is 3.87. The summed E-state index contributed by atoms with van der Waals surface area (Å²) in [5.74, 6) is -0.0225. The monoisotopic (exact) mass is 267 g/mol. The minimum Gasteiger partial charge on any atom is -0.481 e. The SMILES string of the molecule is CCSc1ccc(C(CC(C)C(=O)O)NC)cc1. The highest BCUT2D eigenvalue weighted by molar-refractivity contribution is 7.99. The van der Waals surface area contributed by atoms with E-state index in [1.165, 1.54) is 4.90 Å². The molecule has 0 aliphatic heterocycles. The van der Waals surface area contributed by atoms with E-state index in [-0.39, 0.29) is 12.0 Å². The van der Waals surface area contributed by atoms with Gasteiger partial charge in [-0.3, -0.25) is 4.79 Å². The minimum absolute atomic E-state index is 0.0942. The van der Waals surface area contributed by atoms with E-state index in [0.717, 1.165) is 11.3 Å². The third-order valence-electron chi connectivity index (χ3n) is 2.95. The summed E-state index contributed by atoms with van der Waals surface area (Å²) >= 11 is 1.81. The van der Waals surface area contributed by atoms with Crippen molar-refractivity contribution in [3.8, 4) is 0 Å². The van der Waals surface area contributed by atoms with Crippen molar-refractivity contribution in [3.05, 3.63) is 29.8 Å². The Balaban J connectivity index is 2.72. The Morgan fingerprint density at radius 1 is 1.39 bits per heavy atom. The molecule has 0 fully saturated rings. The summed E-state index contributed by atoms with van der Waals surface area (Å²) in [4.78, 5) is 12.1. The van der Waals surface area contributed by atoms with Crippen LogP contribution in [0.25, 0.3) is 0 Å². The van der Waals surface area contributed by atoms with Crippen LogP contribution in [0.4, 0.5) is 0 Å². The number of aliphatic carboxylic acids is 1. The first kappa shape index (κ1) is 15.1. The molecule has 1 rings (SSSR count). The van der Waals surface area contributed by atoms with Gasteiger partial charge in [0.05, 0.1) is 5.92 Å². The largest absolute Gasteiger partial charge is 0.481 e. The van der Waals surface area contributed by atoms with Gasteiger partial charge in [0, 0.05) is 10.9 Å². The van der Waals surface area contributed by atoms with E-state index in [1.54, 1.807) is 6.92 Å². The number of nitrogens with one attached hydrogen (secondary N) is 1. The average molecular weight is 267 g/mol. The maximum Gasteiger partial charge on any atom is 0.306 e. The zero-order valence-electron chi connectivity index (χ0n) is 11.1. The molecule has 0 saturated carbocycles. The number of thioether (sulfide) groups is 1. The molecule has 0 amide bonds. The molecule has 0 spiro atoms. The van der Waals surface area contributed by atoms with Crippen LogP contribution in [-0.4, -0.2) is 23.9 Å². The summed E-state index contributed by atoms with van der Waals surface area (Å²) in [5, 5.41) is 12.1. The van der Waals surface area contributed by atoms with E-state index in [9.17, 15) is 4.79 Å². The lowest BCUT2D eigenvalue weighted by Crippen LogP contribution is -2.22. The molecule has 3 nitrogen and oxygen atoms in total. The molecule has 0 aliphatic rings. The van der Waals surface area contributed by atoms with Crippen LogP contribution in [0.2, 0.25) is 0 Å². The Morgan fingerprint density at radius 3 is 2.44 bits per heavy atom. The number of hydrogen-bond acceptors (Lipinski definition) is 3. The van der Waals surface area contributed by atoms with Crippen molar-refractivity contribution in [2.24, 2.45) is 5.92 Å². The predicted molar refractivity (Wildman–Crippen MR) is 76.1 cm³/mol. The van der Waals surface area contributed by atoms with Gasteiger partial charge in [0.1, 0.15) is 0 Å². The van der Waals surface area contributed by atoms with E-state index in [2.05, 4.69) is 36.5 Å². The van der Waals surface area contributed by atoms with Crippen LogP contribution in [0.5, 0.6) is 0 Å². The molecule has 2 unspecified atom stereocenters. The molecule has 4 heteroatoms. The van der Waals surface area contributed by atoms with E-state index >= 15 is 0 Å². The molecule has 0 aromatic heterocycles. The van der Waals surface area contributed by atoms with Gasteiger partial charge in [-0.1, -0.05) is 26.0 Å². The summed E-state index contributed by atoms with van der Waals surface area (Å²) < 4.78 is 0. The zero-order valence-corrected chi connectivity index (χ0v) is 12.0. The molecule has 0 saturated heterocycles. The van der Waals surface area contributed by atoms with Crippen LogP contribution in [0.1, 0.15) is 31.9 Å². The molecule has 0 heterocycles. The fraction of sp³-hybridized carbons (Fsp3) is 0.500. The number of carboxylic acid groups (broad SMARTS) is 1. The molecule has 1 aromatic carbocycles. The number of benzene rings is 1. The van der Waals surface area contributed by atoms with Gasteiger partial charge in [-0.2, -0.15) is 0 Å². The molecule has 1 aromatic rings. The van der Waals surface area contributed by atoms with Crippen molar-refractivity contribution in [3.63, 3.8) is 0 Å². The van der Waals surface area contributed by atoms with E-state index in [0.29, 0.717) is 6.42 Å². The van der Waals surface area contributed by atoms with Crippen LogP contribution >= 0.6 is 11.8 Å². The van der Waals surface area contributed by atoms with Crippen molar-refractivity contribution < 1.29 is 9.90 Å². The smallest absolute Gasteiger partial charge is 0.306 e. The molecular weight excluding hydrogens is 246 g/mol. The Bertz CT molecular complexity index is 378. The van der Waals surface area contributed by atoms with E-state index in [1.807, 2.05) is 18.8 Å². The lowest BCUT2D eigenvalue weighted by molar-refractivity contribution is -0.141. The van der Waals surface area contributed by atoms with Crippen molar-refractivity contribution in [1.29, 1.82) is 0 Å². The van der Waals surface area contributed by atoms with Gasteiger partial charge in [0.15, 0.2) is 0 Å². The van der Waals surface area contributed by atoms with Crippen LogP contribution in [0.3, 0.4) is 0 Å². The molecule has 0 bridgehead atoms. The summed E-state index contributed by atoms with van der Waals surface area (Å²) in [7, 11) is 1.87. The Morgan fingerprint density at radius 2 is 2.00 bits per heavy atom. The predicted octanol–water partition coefficient (Wildman–Crippen LogP) is 3.17. The highest BCUT2D eigenvalue weighted by atomic mass is 32.2. The fourth-order valence-electron chi connectivity index (χ4n) is 1.84. The number of carbonyl (C=O) groups is 1. The highest BCUT2D eigenvalue weighted by Gasteiger charge is 2.18. The average Bonchev–Trinajstić information content (AvgIpc) is 2.37. The van der Waals surface area contributed by atoms with Crippen molar-refractivity contribution in [2.45, 2.75) is 31.2 Å². The number of carboxylic acids is 1. The maximum absolute atomic E-state index is 10.9. The van der Waals surface area contributed by atoms with Gasteiger partial charge in [-0.05, 0) is 36.9 Å². The zero-order chi connectivity index (χ0) is 13.5. The molecule has 100 valence electrons. The van der Waals surface area contributed by atoms with Gasteiger partial charge in [0.25, 0.3) is 0 Å². The van der Waals surface area contributed by atoms with E-state index in [4.69, 9.17) is 5.11 Å². The number of hydrogen-bond donors (Lipinski definition) is 2. The lowest BCUT2D eigenvalue weighted by Gasteiger charge is -2.19. The minimum atomic E-state index is -0.742. The molecule has 2 N–H and O–H groups in total. The van der Waals surface area contributed by atoms with Crippen LogP contribution in [-0.2, 0) is 4.79 Å². The third kappa shape index (κ3) is 4.35. The Hall–Kier alpha value is -1.00. The fourth-order valence-corrected chi connectivity index (χ4v) is 2.50.